The highest BCUT2D eigenvalue weighted by Gasteiger charge is 2.16. The summed E-state index contributed by atoms with van der Waals surface area (Å²) in [4.78, 5) is 1.54. The SMILES string of the molecule is Cc1cc(C(Br)c2cc(Br)sc2C)co1. The zero-order valence-corrected chi connectivity index (χ0v) is 12.4. The summed E-state index contributed by atoms with van der Waals surface area (Å²) in [6.07, 6.45) is 1.81. The highest BCUT2D eigenvalue weighted by atomic mass is 79.9. The van der Waals surface area contributed by atoms with E-state index < -0.39 is 0 Å². The maximum absolute atomic E-state index is 5.32. The summed E-state index contributed by atoms with van der Waals surface area (Å²) in [5.74, 6) is 0.946. The second kappa shape index (κ2) is 4.44. The number of alkyl halides is 1. The predicted octanol–water partition coefficient (Wildman–Crippen LogP) is 5.20. The Morgan fingerprint density at radius 1 is 1.33 bits per heavy atom. The van der Waals surface area contributed by atoms with Gasteiger partial charge in [-0.3, -0.25) is 0 Å². The molecule has 0 aliphatic carbocycles. The lowest BCUT2D eigenvalue weighted by molar-refractivity contribution is 0.532. The number of thiophene rings is 1. The monoisotopic (exact) mass is 348 g/mol. The number of aryl methyl sites for hydroxylation is 2. The van der Waals surface area contributed by atoms with Gasteiger partial charge in [-0.25, -0.2) is 0 Å². The van der Waals surface area contributed by atoms with E-state index in [1.165, 1.54) is 19.8 Å². The molecule has 0 amide bonds. The minimum absolute atomic E-state index is 0.220. The zero-order valence-electron chi connectivity index (χ0n) is 8.38. The highest BCUT2D eigenvalue weighted by molar-refractivity contribution is 9.11. The topological polar surface area (TPSA) is 13.1 Å². The molecular formula is C11H10Br2OS. The van der Waals surface area contributed by atoms with Crippen molar-refractivity contribution >= 4 is 43.2 Å². The van der Waals surface area contributed by atoms with Crippen LogP contribution in [0.2, 0.25) is 0 Å². The van der Waals surface area contributed by atoms with Gasteiger partial charge in [-0.1, -0.05) is 15.9 Å². The van der Waals surface area contributed by atoms with Crippen LogP contribution in [0.3, 0.4) is 0 Å². The van der Waals surface area contributed by atoms with Crippen molar-refractivity contribution in [2.45, 2.75) is 18.7 Å². The third-order valence-electron chi connectivity index (χ3n) is 2.24. The Bertz CT molecular complexity index is 473. The normalized spacial score (nSPS) is 13.1. The van der Waals surface area contributed by atoms with Gasteiger partial charge in [0.2, 0.25) is 0 Å². The van der Waals surface area contributed by atoms with Crippen LogP contribution < -0.4 is 0 Å². The van der Waals surface area contributed by atoms with Gasteiger partial charge < -0.3 is 4.42 Å². The number of halogens is 2. The maximum atomic E-state index is 5.32. The molecule has 0 aliphatic heterocycles. The Morgan fingerprint density at radius 3 is 2.53 bits per heavy atom. The third kappa shape index (κ3) is 2.37. The minimum atomic E-state index is 0.220. The van der Waals surface area contributed by atoms with Crippen molar-refractivity contribution in [2.75, 3.05) is 0 Å². The van der Waals surface area contributed by atoms with Gasteiger partial charge in [0.15, 0.2) is 0 Å². The number of hydrogen-bond donors (Lipinski definition) is 0. The summed E-state index contributed by atoms with van der Waals surface area (Å²) in [6, 6.07) is 4.21. The minimum Gasteiger partial charge on any atom is -0.469 e. The van der Waals surface area contributed by atoms with E-state index in [0.717, 1.165) is 5.76 Å². The number of furan rings is 1. The first-order valence-electron chi connectivity index (χ1n) is 4.53. The molecule has 2 aromatic rings. The Balaban J connectivity index is 2.35. The quantitative estimate of drug-likeness (QED) is 0.678. The van der Waals surface area contributed by atoms with Crippen LogP contribution in [0.4, 0.5) is 0 Å². The van der Waals surface area contributed by atoms with Crippen LogP contribution in [0.5, 0.6) is 0 Å². The molecule has 1 nitrogen and oxygen atoms in total. The van der Waals surface area contributed by atoms with Crippen molar-refractivity contribution in [1.82, 2.24) is 0 Å². The van der Waals surface area contributed by atoms with Gasteiger partial charge in [0.1, 0.15) is 5.76 Å². The van der Waals surface area contributed by atoms with Crippen LogP contribution in [0.15, 0.2) is 26.6 Å². The molecule has 0 aromatic carbocycles. The average Bonchev–Trinajstić information content (AvgIpc) is 2.71. The molecule has 0 N–H and O–H groups in total. The van der Waals surface area contributed by atoms with Crippen molar-refractivity contribution in [3.8, 4) is 0 Å². The lowest BCUT2D eigenvalue weighted by Gasteiger charge is -2.05. The van der Waals surface area contributed by atoms with Gasteiger partial charge in [0.25, 0.3) is 0 Å². The van der Waals surface area contributed by atoms with E-state index in [2.05, 4.69) is 50.9 Å². The summed E-state index contributed by atoms with van der Waals surface area (Å²) in [5, 5.41) is 0. The molecule has 2 rings (SSSR count). The molecule has 0 spiro atoms. The first-order chi connectivity index (χ1) is 7.08. The fraction of sp³-hybridized carbons (Fsp3) is 0.273. The summed E-state index contributed by atoms with van der Waals surface area (Å²) >= 11 is 8.96. The van der Waals surface area contributed by atoms with Crippen LogP contribution in [0, 0.1) is 13.8 Å². The molecular weight excluding hydrogens is 340 g/mol. The van der Waals surface area contributed by atoms with Crippen LogP contribution >= 0.6 is 43.2 Å². The molecule has 1 unspecified atom stereocenters. The van der Waals surface area contributed by atoms with Gasteiger partial charge in [-0.15, -0.1) is 11.3 Å². The van der Waals surface area contributed by atoms with Gasteiger partial charge in [-0.05, 0) is 47.5 Å². The standard InChI is InChI=1S/C11H10Br2OS/c1-6-3-8(5-14-6)11(13)9-4-10(12)15-7(9)2/h3-5,11H,1-2H3. The second-order valence-corrected chi connectivity index (χ2v) is 6.97. The zero-order chi connectivity index (χ0) is 11.0. The van der Waals surface area contributed by atoms with Crippen molar-refractivity contribution in [2.24, 2.45) is 0 Å². The molecule has 4 heteroatoms. The Kier molecular flexibility index (Phi) is 3.38. The maximum Gasteiger partial charge on any atom is 0.101 e. The Morgan fingerprint density at radius 2 is 2.07 bits per heavy atom. The average molecular weight is 350 g/mol. The predicted molar refractivity (Wildman–Crippen MR) is 71.0 cm³/mol. The summed E-state index contributed by atoms with van der Waals surface area (Å²) in [7, 11) is 0. The highest BCUT2D eigenvalue weighted by Crippen LogP contribution is 2.38. The fourth-order valence-corrected chi connectivity index (χ4v) is 4.10. The molecule has 2 aromatic heterocycles. The van der Waals surface area contributed by atoms with Gasteiger partial charge in [0.05, 0.1) is 14.9 Å². The van der Waals surface area contributed by atoms with E-state index in [1.54, 1.807) is 17.6 Å². The Hall–Kier alpha value is -0.0600. The van der Waals surface area contributed by atoms with Gasteiger partial charge in [0, 0.05) is 10.4 Å². The summed E-state index contributed by atoms with van der Waals surface area (Å²) in [6.45, 7) is 4.09. The lowest BCUT2D eigenvalue weighted by atomic mass is 10.1. The van der Waals surface area contributed by atoms with E-state index in [4.69, 9.17) is 4.42 Å². The van der Waals surface area contributed by atoms with Gasteiger partial charge >= 0.3 is 0 Å². The molecule has 0 aliphatic rings. The first kappa shape index (κ1) is 11.4. The molecule has 0 radical (unpaired) electrons. The molecule has 0 saturated carbocycles. The van der Waals surface area contributed by atoms with Crippen molar-refractivity contribution in [3.05, 3.63) is 43.9 Å². The van der Waals surface area contributed by atoms with E-state index in [1.807, 2.05) is 6.92 Å². The molecule has 0 saturated heterocycles. The molecule has 2 heterocycles. The molecule has 1 atom stereocenters. The molecule has 80 valence electrons. The number of rotatable bonds is 2. The lowest BCUT2D eigenvalue weighted by Crippen LogP contribution is -1.89. The van der Waals surface area contributed by atoms with Crippen LogP contribution in [-0.4, -0.2) is 0 Å². The van der Waals surface area contributed by atoms with E-state index in [-0.39, 0.29) is 4.83 Å². The third-order valence-corrected chi connectivity index (χ3v) is 4.83. The summed E-state index contributed by atoms with van der Waals surface area (Å²) < 4.78 is 6.48. The first-order valence-corrected chi connectivity index (χ1v) is 7.05. The largest absolute Gasteiger partial charge is 0.469 e. The van der Waals surface area contributed by atoms with Gasteiger partial charge in [-0.2, -0.15) is 0 Å². The van der Waals surface area contributed by atoms with E-state index in [9.17, 15) is 0 Å². The van der Waals surface area contributed by atoms with Crippen molar-refractivity contribution in [3.63, 3.8) is 0 Å². The van der Waals surface area contributed by atoms with E-state index >= 15 is 0 Å². The van der Waals surface area contributed by atoms with Crippen molar-refractivity contribution in [1.29, 1.82) is 0 Å². The Labute approximate surface area is 110 Å². The molecule has 15 heavy (non-hydrogen) atoms. The van der Waals surface area contributed by atoms with Crippen LogP contribution in [-0.2, 0) is 0 Å². The second-order valence-electron chi connectivity index (χ2n) is 3.42. The number of hydrogen-bond acceptors (Lipinski definition) is 2. The smallest absolute Gasteiger partial charge is 0.101 e. The fourth-order valence-electron chi connectivity index (χ4n) is 1.49. The van der Waals surface area contributed by atoms with E-state index in [0.29, 0.717) is 0 Å². The molecule has 0 bridgehead atoms. The molecule has 0 fully saturated rings. The van der Waals surface area contributed by atoms with Crippen LogP contribution in [0.1, 0.15) is 26.6 Å². The van der Waals surface area contributed by atoms with Crippen molar-refractivity contribution < 1.29 is 4.42 Å². The summed E-state index contributed by atoms with van der Waals surface area (Å²) in [5.41, 5.74) is 2.47. The van der Waals surface area contributed by atoms with Crippen LogP contribution in [0.25, 0.3) is 0 Å².